The Morgan fingerprint density at radius 3 is 2.50 bits per heavy atom. The summed E-state index contributed by atoms with van der Waals surface area (Å²) in [7, 11) is 0. The number of nitriles is 1. The highest BCUT2D eigenvalue weighted by Gasteiger charge is 2.07. The lowest BCUT2D eigenvalue weighted by atomic mass is 10.3. The van der Waals surface area contributed by atoms with E-state index in [0.717, 1.165) is 18.8 Å². The van der Waals surface area contributed by atoms with Crippen LogP contribution in [0.15, 0.2) is 0 Å². The molecule has 2 nitrogen and oxygen atoms in total. The average Bonchev–Trinajstić information content (AvgIpc) is 2.04. The molecule has 0 aliphatic rings. The van der Waals surface area contributed by atoms with Crippen LogP contribution in [-0.4, -0.2) is 36.0 Å². The summed E-state index contributed by atoms with van der Waals surface area (Å²) >= 11 is 1.86. The highest BCUT2D eigenvalue weighted by Crippen LogP contribution is 2.02. The minimum Gasteiger partial charge on any atom is -0.299 e. The topological polar surface area (TPSA) is 27.0 Å². The molecule has 0 spiro atoms. The van der Waals surface area contributed by atoms with Crippen molar-refractivity contribution in [2.75, 3.05) is 25.1 Å². The zero-order chi connectivity index (χ0) is 9.40. The lowest BCUT2D eigenvalue weighted by Crippen LogP contribution is -2.33. The van der Waals surface area contributed by atoms with Gasteiger partial charge in [-0.15, -0.1) is 0 Å². The molecule has 0 saturated carbocycles. The number of hydrogen-bond acceptors (Lipinski definition) is 3. The summed E-state index contributed by atoms with van der Waals surface area (Å²) in [5, 5.41) is 8.44. The summed E-state index contributed by atoms with van der Waals surface area (Å²) in [6.45, 7) is 6.37. The van der Waals surface area contributed by atoms with Gasteiger partial charge in [0.15, 0.2) is 0 Å². The third-order valence-corrected chi connectivity index (χ3v) is 2.41. The first-order valence-corrected chi connectivity index (χ1v) is 5.71. The minimum atomic E-state index is 0.561. The molecule has 0 saturated heterocycles. The Morgan fingerprint density at radius 2 is 2.08 bits per heavy atom. The van der Waals surface area contributed by atoms with E-state index < -0.39 is 0 Å². The Kier molecular flexibility index (Phi) is 7.33. The molecule has 0 amide bonds. The van der Waals surface area contributed by atoms with Crippen molar-refractivity contribution in [2.24, 2.45) is 0 Å². The second-order valence-electron chi connectivity index (χ2n) is 3.03. The first kappa shape index (κ1) is 11.8. The fraction of sp³-hybridized carbons (Fsp3) is 0.889. The molecular formula is C9H18N2S. The fourth-order valence-corrected chi connectivity index (χ4v) is 1.45. The summed E-state index contributed by atoms with van der Waals surface area (Å²) in [4.78, 5) is 2.35. The van der Waals surface area contributed by atoms with Gasteiger partial charge in [-0.25, -0.2) is 0 Å². The molecule has 0 aromatic heterocycles. The van der Waals surface area contributed by atoms with Crippen molar-refractivity contribution < 1.29 is 0 Å². The second-order valence-corrected chi connectivity index (χ2v) is 4.02. The molecule has 0 aromatic rings. The number of thioether (sulfide) groups is 1. The third-order valence-electron chi connectivity index (χ3n) is 1.82. The van der Waals surface area contributed by atoms with Crippen molar-refractivity contribution in [1.82, 2.24) is 4.90 Å². The largest absolute Gasteiger partial charge is 0.299 e. The van der Waals surface area contributed by atoms with Crippen LogP contribution in [0.2, 0.25) is 0 Å². The van der Waals surface area contributed by atoms with Gasteiger partial charge >= 0.3 is 0 Å². The summed E-state index contributed by atoms with van der Waals surface area (Å²) in [5.74, 6) is 1.16. The molecule has 0 aliphatic heterocycles. The predicted molar refractivity (Wildman–Crippen MR) is 55.3 cm³/mol. The molecular weight excluding hydrogens is 168 g/mol. The van der Waals surface area contributed by atoms with Gasteiger partial charge in [-0.05, 0) is 20.1 Å². The van der Waals surface area contributed by atoms with Crippen molar-refractivity contribution in [3.05, 3.63) is 0 Å². The highest BCUT2D eigenvalue weighted by atomic mass is 32.2. The molecule has 0 N–H and O–H groups in total. The van der Waals surface area contributed by atoms with Gasteiger partial charge in [0.2, 0.25) is 0 Å². The van der Waals surface area contributed by atoms with Crippen molar-refractivity contribution in [3.8, 4) is 6.07 Å². The molecule has 0 unspecified atom stereocenters. The van der Waals surface area contributed by atoms with E-state index in [9.17, 15) is 0 Å². The van der Waals surface area contributed by atoms with Crippen LogP contribution >= 0.6 is 11.8 Å². The predicted octanol–water partition coefficient (Wildman–Crippen LogP) is 1.97. The van der Waals surface area contributed by atoms with Gasteiger partial charge in [-0.2, -0.15) is 17.0 Å². The van der Waals surface area contributed by atoms with Crippen molar-refractivity contribution >= 4 is 11.8 Å². The van der Waals surface area contributed by atoms with Gasteiger partial charge in [0.1, 0.15) is 0 Å². The van der Waals surface area contributed by atoms with Crippen LogP contribution in [-0.2, 0) is 0 Å². The van der Waals surface area contributed by atoms with Crippen LogP contribution in [0.5, 0.6) is 0 Å². The van der Waals surface area contributed by atoms with Gasteiger partial charge in [-0.3, -0.25) is 4.90 Å². The average molecular weight is 186 g/mol. The van der Waals surface area contributed by atoms with E-state index in [1.807, 2.05) is 11.8 Å². The molecule has 0 heterocycles. The minimum absolute atomic E-state index is 0.561. The van der Waals surface area contributed by atoms with Gasteiger partial charge in [-0.1, -0.05) is 0 Å². The third kappa shape index (κ3) is 5.45. The van der Waals surface area contributed by atoms with Crippen LogP contribution in [0.1, 0.15) is 20.3 Å². The van der Waals surface area contributed by atoms with Crippen molar-refractivity contribution in [2.45, 2.75) is 26.3 Å². The quantitative estimate of drug-likeness (QED) is 0.634. The molecule has 0 fully saturated rings. The maximum Gasteiger partial charge on any atom is 0.0635 e. The smallest absolute Gasteiger partial charge is 0.0635 e. The summed E-state index contributed by atoms with van der Waals surface area (Å²) in [6.07, 6.45) is 2.76. The van der Waals surface area contributed by atoms with E-state index in [4.69, 9.17) is 5.26 Å². The lowest BCUT2D eigenvalue weighted by molar-refractivity contribution is 0.241. The molecule has 0 aliphatic carbocycles. The summed E-state index contributed by atoms with van der Waals surface area (Å²) < 4.78 is 0. The number of nitrogens with zero attached hydrogens (tertiary/aromatic N) is 2. The van der Waals surface area contributed by atoms with Crippen molar-refractivity contribution in [3.63, 3.8) is 0 Å². The van der Waals surface area contributed by atoms with Crippen LogP contribution < -0.4 is 0 Å². The molecule has 0 aromatic carbocycles. The van der Waals surface area contributed by atoms with Gasteiger partial charge in [0.25, 0.3) is 0 Å². The standard InChI is InChI=1S/C9H18N2S/c1-9(2)11(6-4-5-10)7-8-12-3/h9H,4,6-8H2,1-3H3. The van der Waals surface area contributed by atoms with E-state index in [-0.39, 0.29) is 0 Å². The van der Waals surface area contributed by atoms with E-state index in [0.29, 0.717) is 12.5 Å². The second kappa shape index (κ2) is 7.45. The molecule has 3 heteroatoms. The Balaban J connectivity index is 3.64. The van der Waals surface area contributed by atoms with Crippen LogP contribution in [0.25, 0.3) is 0 Å². The van der Waals surface area contributed by atoms with Gasteiger partial charge < -0.3 is 0 Å². The molecule has 0 atom stereocenters. The van der Waals surface area contributed by atoms with E-state index >= 15 is 0 Å². The molecule has 0 rings (SSSR count). The van der Waals surface area contributed by atoms with E-state index in [2.05, 4.69) is 31.1 Å². The molecule has 12 heavy (non-hydrogen) atoms. The molecule has 0 bridgehead atoms. The van der Waals surface area contributed by atoms with E-state index in [1.54, 1.807) is 0 Å². The van der Waals surface area contributed by atoms with Crippen LogP contribution in [0.3, 0.4) is 0 Å². The fourth-order valence-electron chi connectivity index (χ4n) is 1.03. The summed E-state index contributed by atoms with van der Waals surface area (Å²) in [5.41, 5.74) is 0. The monoisotopic (exact) mass is 186 g/mol. The highest BCUT2D eigenvalue weighted by molar-refractivity contribution is 7.98. The lowest BCUT2D eigenvalue weighted by Gasteiger charge is -2.24. The first-order chi connectivity index (χ1) is 5.72. The Labute approximate surface area is 79.9 Å². The maximum absolute atomic E-state index is 8.44. The molecule has 70 valence electrons. The zero-order valence-electron chi connectivity index (χ0n) is 8.21. The zero-order valence-corrected chi connectivity index (χ0v) is 9.02. The van der Waals surface area contributed by atoms with Gasteiger partial charge in [0.05, 0.1) is 6.07 Å². The Bertz CT molecular complexity index is 140. The normalized spacial score (nSPS) is 10.7. The molecule has 0 radical (unpaired) electrons. The van der Waals surface area contributed by atoms with Crippen molar-refractivity contribution in [1.29, 1.82) is 5.26 Å². The first-order valence-electron chi connectivity index (χ1n) is 4.32. The van der Waals surface area contributed by atoms with E-state index in [1.165, 1.54) is 0 Å². The summed E-state index contributed by atoms with van der Waals surface area (Å²) in [6, 6.07) is 2.74. The Hall–Kier alpha value is -0.200. The van der Waals surface area contributed by atoms with Gasteiger partial charge in [0, 0.05) is 31.3 Å². The maximum atomic E-state index is 8.44. The number of rotatable bonds is 6. The van der Waals surface area contributed by atoms with Crippen LogP contribution in [0.4, 0.5) is 0 Å². The Morgan fingerprint density at radius 1 is 1.42 bits per heavy atom. The SMILES string of the molecule is CSCCN(CCC#N)C(C)C. The van der Waals surface area contributed by atoms with Crippen LogP contribution in [0, 0.1) is 11.3 Å². The number of hydrogen-bond donors (Lipinski definition) is 0.